The fourth-order valence-electron chi connectivity index (χ4n) is 1.09. The SMILES string of the molecule is O=S(=O)(O)CC[C@H]1CNCCO1. The van der Waals surface area contributed by atoms with E-state index in [0.29, 0.717) is 19.6 Å². The van der Waals surface area contributed by atoms with E-state index in [4.69, 9.17) is 9.29 Å². The average molecular weight is 195 g/mol. The molecule has 0 aliphatic carbocycles. The van der Waals surface area contributed by atoms with Gasteiger partial charge in [0, 0.05) is 13.1 Å². The molecule has 1 fully saturated rings. The molecule has 1 heterocycles. The van der Waals surface area contributed by atoms with Crippen LogP contribution in [0.2, 0.25) is 0 Å². The van der Waals surface area contributed by atoms with Crippen LogP contribution in [0.4, 0.5) is 0 Å². The van der Waals surface area contributed by atoms with Crippen molar-refractivity contribution >= 4 is 10.1 Å². The molecule has 1 rings (SSSR count). The van der Waals surface area contributed by atoms with Crippen LogP contribution in [-0.2, 0) is 14.9 Å². The van der Waals surface area contributed by atoms with Gasteiger partial charge >= 0.3 is 0 Å². The Morgan fingerprint density at radius 3 is 2.83 bits per heavy atom. The standard InChI is InChI=1S/C6H13NO4S/c8-12(9,10)4-1-6-5-7-2-3-11-6/h6-7H,1-5H2,(H,8,9,10)/t6-/m0/s1. The monoisotopic (exact) mass is 195 g/mol. The third-order valence-corrected chi connectivity index (χ3v) is 2.45. The number of hydrogen-bond acceptors (Lipinski definition) is 4. The first-order valence-electron chi connectivity index (χ1n) is 3.85. The molecule has 2 N–H and O–H groups in total. The molecule has 0 aromatic rings. The van der Waals surface area contributed by atoms with Gasteiger partial charge in [0.2, 0.25) is 0 Å². The first kappa shape index (κ1) is 9.91. The predicted molar refractivity (Wildman–Crippen MR) is 43.6 cm³/mol. The summed E-state index contributed by atoms with van der Waals surface area (Å²) in [6.07, 6.45) is 0.270. The number of morpholine rings is 1. The highest BCUT2D eigenvalue weighted by atomic mass is 32.2. The van der Waals surface area contributed by atoms with Gasteiger partial charge in [0.15, 0.2) is 0 Å². The fourth-order valence-corrected chi connectivity index (χ4v) is 1.65. The first-order chi connectivity index (χ1) is 5.58. The minimum Gasteiger partial charge on any atom is -0.376 e. The first-order valence-corrected chi connectivity index (χ1v) is 5.46. The van der Waals surface area contributed by atoms with Gasteiger partial charge in [-0.3, -0.25) is 4.55 Å². The molecule has 0 amide bonds. The Labute approximate surface area is 71.9 Å². The Hall–Kier alpha value is -0.170. The van der Waals surface area contributed by atoms with Crippen LogP contribution in [0.25, 0.3) is 0 Å². The summed E-state index contributed by atoms with van der Waals surface area (Å²) in [5.74, 6) is -0.223. The van der Waals surface area contributed by atoms with Crippen LogP contribution < -0.4 is 5.32 Å². The maximum atomic E-state index is 10.4. The van der Waals surface area contributed by atoms with Crippen LogP contribution >= 0.6 is 0 Å². The maximum absolute atomic E-state index is 10.4. The van der Waals surface area contributed by atoms with Gasteiger partial charge in [-0.1, -0.05) is 0 Å². The second-order valence-electron chi connectivity index (χ2n) is 2.77. The van der Waals surface area contributed by atoms with E-state index in [2.05, 4.69) is 5.32 Å². The molecule has 0 spiro atoms. The molecule has 72 valence electrons. The second kappa shape index (κ2) is 4.18. The maximum Gasteiger partial charge on any atom is 0.264 e. The van der Waals surface area contributed by atoms with Gasteiger partial charge in [0.05, 0.1) is 18.5 Å². The van der Waals surface area contributed by atoms with Crippen LogP contribution in [-0.4, -0.2) is 44.5 Å². The Bertz CT molecular complexity index is 220. The lowest BCUT2D eigenvalue weighted by Crippen LogP contribution is -2.39. The number of rotatable bonds is 3. The Balaban J connectivity index is 2.22. The molecule has 0 unspecified atom stereocenters. The van der Waals surface area contributed by atoms with Crippen molar-refractivity contribution in [1.82, 2.24) is 5.32 Å². The van der Waals surface area contributed by atoms with Crippen molar-refractivity contribution in [3.05, 3.63) is 0 Å². The molecule has 0 aromatic heterocycles. The molecule has 6 heteroatoms. The Kier molecular flexibility index (Phi) is 3.45. The van der Waals surface area contributed by atoms with Gasteiger partial charge < -0.3 is 10.1 Å². The topological polar surface area (TPSA) is 75.6 Å². The second-order valence-corrected chi connectivity index (χ2v) is 4.34. The molecule has 0 aromatic carbocycles. The number of hydrogen-bond donors (Lipinski definition) is 2. The van der Waals surface area contributed by atoms with Gasteiger partial charge in [0.25, 0.3) is 10.1 Å². The highest BCUT2D eigenvalue weighted by Gasteiger charge is 2.16. The van der Waals surface area contributed by atoms with E-state index in [1.54, 1.807) is 0 Å². The lowest BCUT2D eigenvalue weighted by Gasteiger charge is -2.22. The van der Waals surface area contributed by atoms with E-state index in [9.17, 15) is 8.42 Å². The van der Waals surface area contributed by atoms with E-state index in [-0.39, 0.29) is 11.9 Å². The molecule has 5 nitrogen and oxygen atoms in total. The van der Waals surface area contributed by atoms with Crippen molar-refractivity contribution in [2.45, 2.75) is 12.5 Å². The molecule has 12 heavy (non-hydrogen) atoms. The summed E-state index contributed by atoms with van der Waals surface area (Å²) in [7, 11) is -3.83. The summed E-state index contributed by atoms with van der Waals surface area (Å²) in [5.41, 5.74) is 0. The zero-order chi connectivity index (χ0) is 9.03. The third kappa shape index (κ3) is 4.01. The lowest BCUT2D eigenvalue weighted by molar-refractivity contribution is 0.0269. The van der Waals surface area contributed by atoms with Crippen LogP contribution in [0.3, 0.4) is 0 Å². The van der Waals surface area contributed by atoms with Gasteiger partial charge in [-0.25, -0.2) is 0 Å². The Morgan fingerprint density at radius 1 is 1.58 bits per heavy atom. The van der Waals surface area contributed by atoms with Gasteiger partial charge in [-0.2, -0.15) is 8.42 Å². The molecular weight excluding hydrogens is 182 g/mol. The van der Waals surface area contributed by atoms with Crippen LogP contribution in [0, 0.1) is 0 Å². The molecular formula is C6H13NO4S. The minimum atomic E-state index is -3.83. The van der Waals surface area contributed by atoms with Gasteiger partial charge in [-0.15, -0.1) is 0 Å². The van der Waals surface area contributed by atoms with Crippen LogP contribution in [0.15, 0.2) is 0 Å². The zero-order valence-electron chi connectivity index (χ0n) is 6.69. The van der Waals surface area contributed by atoms with E-state index in [1.807, 2.05) is 0 Å². The van der Waals surface area contributed by atoms with E-state index >= 15 is 0 Å². The quantitative estimate of drug-likeness (QED) is 0.580. The number of nitrogens with one attached hydrogen (secondary N) is 1. The summed E-state index contributed by atoms with van der Waals surface area (Å²) in [6.45, 7) is 2.08. The van der Waals surface area contributed by atoms with Crippen LogP contribution in [0.5, 0.6) is 0 Å². The molecule has 0 saturated carbocycles. The van der Waals surface area contributed by atoms with Crippen molar-refractivity contribution < 1.29 is 17.7 Å². The summed E-state index contributed by atoms with van der Waals surface area (Å²) < 4.78 is 34.4. The number of ether oxygens (including phenoxy) is 1. The van der Waals surface area contributed by atoms with E-state index < -0.39 is 10.1 Å². The summed E-state index contributed by atoms with van der Waals surface area (Å²) in [4.78, 5) is 0. The van der Waals surface area contributed by atoms with Crippen molar-refractivity contribution in [2.24, 2.45) is 0 Å². The highest BCUT2D eigenvalue weighted by molar-refractivity contribution is 7.85. The molecule has 1 atom stereocenters. The fraction of sp³-hybridized carbons (Fsp3) is 1.00. The van der Waals surface area contributed by atoms with Crippen molar-refractivity contribution in [2.75, 3.05) is 25.4 Å². The summed E-state index contributed by atoms with van der Waals surface area (Å²) in [6, 6.07) is 0. The molecule has 1 aliphatic rings. The molecule has 1 saturated heterocycles. The van der Waals surface area contributed by atoms with E-state index in [1.165, 1.54) is 0 Å². The third-order valence-electron chi connectivity index (χ3n) is 1.70. The molecule has 0 bridgehead atoms. The smallest absolute Gasteiger partial charge is 0.264 e. The Morgan fingerprint density at radius 2 is 2.33 bits per heavy atom. The van der Waals surface area contributed by atoms with E-state index in [0.717, 1.165) is 6.54 Å². The van der Waals surface area contributed by atoms with Crippen molar-refractivity contribution in [3.8, 4) is 0 Å². The van der Waals surface area contributed by atoms with Gasteiger partial charge in [0.1, 0.15) is 0 Å². The largest absolute Gasteiger partial charge is 0.376 e. The molecule has 1 aliphatic heterocycles. The zero-order valence-corrected chi connectivity index (χ0v) is 7.51. The van der Waals surface area contributed by atoms with Crippen molar-refractivity contribution in [1.29, 1.82) is 0 Å². The predicted octanol–water partition coefficient (Wildman–Crippen LogP) is -0.747. The van der Waals surface area contributed by atoms with Crippen molar-refractivity contribution in [3.63, 3.8) is 0 Å². The highest BCUT2D eigenvalue weighted by Crippen LogP contribution is 2.02. The van der Waals surface area contributed by atoms with Crippen LogP contribution in [0.1, 0.15) is 6.42 Å². The normalized spacial score (nSPS) is 25.6. The lowest BCUT2D eigenvalue weighted by atomic mass is 10.2. The summed E-state index contributed by atoms with van der Waals surface area (Å²) >= 11 is 0. The van der Waals surface area contributed by atoms with Gasteiger partial charge in [-0.05, 0) is 6.42 Å². The minimum absolute atomic E-state index is 0.0827. The average Bonchev–Trinajstić information content (AvgIpc) is 2.02. The summed E-state index contributed by atoms with van der Waals surface area (Å²) in [5, 5.41) is 3.07. The molecule has 0 radical (unpaired) electrons.